The minimum atomic E-state index is -1.59. The molecule has 0 bridgehead atoms. The molecule has 5 nitrogen and oxygen atoms in total. The van der Waals surface area contributed by atoms with Gasteiger partial charge in [-0.3, -0.25) is 10.1 Å². The third-order valence-corrected chi connectivity index (χ3v) is 1.81. The number of ether oxygens (including phenoxy) is 1. The fourth-order valence-corrected chi connectivity index (χ4v) is 0.635. The minimum Gasteiger partial charge on any atom is -0.461 e. The van der Waals surface area contributed by atoms with Gasteiger partial charge in [0, 0.05) is 18.3 Å². The van der Waals surface area contributed by atoms with Crippen molar-refractivity contribution in [2.24, 2.45) is 0 Å². The Labute approximate surface area is 70.9 Å². The van der Waals surface area contributed by atoms with Crippen LogP contribution < -0.4 is 0 Å². The van der Waals surface area contributed by atoms with Crippen LogP contribution in [0, 0.1) is 10.1 Å². The molecule has 0 aliphatic carbocycles. The van der Waals surface area contributed by atoms with Gasteiger partial charge in [0.05, 0.1) is 6.61 Å². The molecular formula is C7H13NO4. The molecule has 0 amide bonds. The Bertz CT molecular complexity index is 192. The SMILES string of the molecule is CCOC(=O)C(C)(CC)[N+](=O)[O-]. The highest BCUT2D eigenvalue weighted by molar-refractivity contribution is 5.78. The van der Waals surface area contributed by atoms with Crippen LogP contribution in [0.25, 0.3) is 0 Å². The van der Waals surface area contributed by atoms with E-state index in [0.717, 1.165) is 0 Å². The van der Waals surface area contributed by atoms with Crippen molar-refractivity contribution in [2.75, 3.05) is 6.61 Å². The molecule has 0 spiro atoms. The Hall–Kier alpha value is -1.13. The highest BCUT2D eigenvalue weighted by Crippen LogP contribution is 2.15. The molecule has 0 N–H and O–H groups in total. The molecule has 12 heavy (non-hydrogen) atoms. The van der Waals surface area contributed by atoms with Crippen LogP contribution in [0.5, 0.6) is 0 Å². The second-order valence-corrected chi connectivity index (χ2v) is 2.60. The van der Waals surface area contributed by atoms with Crippen molar-refractivity contribution >= 4 is 5.97 Å². The molecule has 0 aliphatic heterocycles. The van der Waals surface area contributed by atoms with Gasteiger partial charge in [0.1, 0.15) is 0 Å². The number of rotatable bonds is 4. The van der Waals surface area contributed by atoms with Crippen LogP contribution in [0.15, 0.2) is 0 Å². The average molecular weight is 175 g/mol. The number of nitro groups is 1. The number of esters is 1. The summed E-state index contributed by atoms with van der Waals surface area (Å²) in [6, 6.07) is 0. The second kappa shape index (κ2) is 4.04. The van der Waals surface area contributed by atoms with Crippen LogP contribution in [0.1, 0.15) is 27.2 Å². The van der Waals surface area contributed by atoms with E-state index in [9.17, 15) is 14.9 Å². The predicted molar refractivity (Wildman–Crippen MR) is 42.3 cm³/mol. The molecule has 0 aromatic carbocycles. The van der Waals surface area contributed by atoms with Crippen molar-refractivity contribution in [3.63, 3.8) is 0 Å². The van der Waals surface area contributed by atoms with E-state index in [-0.39, 0.29) is 13.0 Å². The smallest absolute Gasteiger partial charge is 0.384 e. The summed E-state index contributed by atoms with van der Waals surface area (Å²) >= 11 is 0. The number of carbonyl (C=O) groups is 1. The highest BCUT2D eigenvalue weighted by atomic mass is 16.6. The normalized spacial score (nSPS) is 14.9. The van der Waals surface area contributed by atoms with Crippen molar-refractivity contribution in [3.05, 3.63) is 10.1 Å². The van der Waals surface area contributed by atoms with Crippen LogP contribution in [0.2, 0.25) is 0 Å². The molecule has 0 aliphatic rings. The maximum absolute atomic E-state index is 11.1. The van der Waals surface area contributed by atoms with E-state index >= 15 is 0 Å². The van der Waals surface area contributed by atoms with Gasteiger partial charge < -0.3 is 4.74 Å². The first-order valence-electron chi connectivity index (χ1n) is 3.80. The summed E-state index contributed by atoms with van der Waals surface area (Å²) in [6.45, 7) is 4.64. The maximum Gasteiger partial charge on any atom is 0.384 e. The van der Waals surface area contributed by atoms with E-state index in [1.165, 1.54) is 6.92 Å². The summed E-state index contributed by atoms with van der Waals surface area (Å²) < 4.78 is 4.58. The summed E-state index contributed by atoms with van der Waals surface area (Å²) in [5.74, 6) is -0.766. The van der Waals surface area contributed by atoms with E-state index < -0.39 is 16.4 Å². The second-order valence-electron chi connectivity index (χ2n) is 2.60. The summed E-state index contributed by atoms with van der Waals surface area (Å²) in [5, 5.41) is 10.5. The molecule has 0 rings (SSSR count). The Morgan fingerprint density at radius 2 is 2.08 bits per heavy atom. The van der Waals surface area contributed by atoms with Crippen molar-refractivity contribution in [1.82, 2.24) is 0 Å². The largest absolute Gasteiger partial charge is 0.461 e. The predicted octanol–water partition coefficient (Wildman–Crippen LogP) is 0.995. The molecule has 0 saturated carbocycles. The number of hydrogen-bond acceptors (Lipinski definition) is 4. The maximum atomic E-state index is 11.1. The van der Waals surface area contributed by atoms with Crippen LogP contribution in [0.3, 0.4) is 0 Å². The first-order valence-corrected chi connectivity index (χ1v) is 3.80. The third kappa shape index (κ3) is 1.93. The van der Waals surface area contributed by atoms with Crippen LogP contribution in [-0.2, 0) is 9.53 Å². The molecule has 1 unspecified atom stereocenters. The van der Waals surface area contributed by atoms with Gasteiger partial charge in [-0.05, 0) is 6.92 Å². The fourth-order valence-electron chi connectivity index (χ4n) is 0.635. The van der Waals surface area contributed by atoms with E-state index in [1.54, 1.807) is 13.8 Å². The topological polar surface area (TPSA) is 69.4 Å². The molecular weight excluding hydrogens is 162 g/mol. The molecule has 0 radical (unpaired) electrons. The first kappa shape index (κ1) is 10.9. The van der Waals surface area contributed by atoms with Crippen molar-refractivity contribution in [3.8, 4) is 0 Å². The Morgan fingerprint density at radius 1 is 1.58 bits per heavy atom. The van der Waals surface area contributed by atoms with Crippen molar-refractivity contribution in [1.29, 1.82) is 0 Å². The molecule has 5 heteroatoms. The minimum absolute atomic E-state index is 0.138. The van der Waals surface area contributed by atoms with Crippen LogP contribution in [0.4, 0.5) is 0 Å². The molecule has 0 aromatic rings. The van der Waals surface area contributed by atoms with Gasteiger partial charge in [0.2, 0.25) is 0 Å². The van der Waals surface area contributed by atoms with Gasteiger partial charge in [-0.15, -0.1) is 0 Å². The highest BCUT2D eigenvalue weighted by Gasteiger charge is 2.45. The zero-order chi connectivity index (χ0) is 9.78. The molecule has 1 atom stereocenters. The van der Waals surface area contributed by atoms with E-state index in [1.807, 2.05) is 0 Å². The lowest BCUT2D eigenvalue weighted by Crippen LogP contribution is -2.44. The molecule has 0 saturated heterocycles. The lowest BCUT2D eigenvalue weighted by atomic mass is 10.0. The number of hydrogen-bond donors (Lipinski definition) is 0. The van der Waals surface area contributed by atoms with Gasteiger partial charge in [-0.1, -0.05) is 6.92 Å². The standard InChI is InChI=1S/C7H13NO4/c1-4-7(3,8(10)11)6(9)12-5-2/h4-5H2,1-3H3. The monoisotopic (exact) mass is 175 g/mol. The van der Waals surface area contributed by atoms with E-state index in [2.05, 4.69) is 4.74 Å². The lowest BCUT2D eigenvalue weighted by Gasteiger charge is -2.16. The van der Waals surface area contributed by atoms with E-state index in [0.29, 0.717) is 0 Å². The Balaban J connectivity index is 4.52. The summed E-state index contributed by atoms with van der Waals surface area (Å²) in [6.07, 6.45) is 0.138. The Kier molecular flexibility index (Phi) is 3.66. The van der Waals surface area contributed by atoms with Gasteiger partial charge in [-0.25, -0.2) is 4.79 Å². The average Bonchev–Trinajstić information content (AvgIpc) is 2.03. The first-order chi connectivity index (χ1) is 5.49. The van der Waals surface area contributed by atoms with Gasteiger partial charge in [0.25, 0.3) is 0 Å². The summed E-state index contributed by atoms with van der Waals surface area (Å²) in [4.78, 5) is 20.9. The molecule has 70 valence electrons. The summed E-state index contributed by atoms with van der Waals surface area (Å²) in [5.41, 5.74) is -1.59. The Morgan fingerprint density at radius 3 is 2.33 bits per heavy atom. The molecule has 0 heterocycles. The van der Waals surface area contributed by atoms with E-state index in [4.69, 9.17) is 0 Å². The zero-order valence-electron chi connectivity index (χ0n) is 7.49. The molecule has 0 fully saturated rings. The number of carbonyl (C=O) groups excluding carboxylic acids is 1. The van der Waals surface area contributed by atoms with Gasteiger partial charge >= 0.3 is 11.5 Å². The lowest BCUT2D eigenvalue weighted by molar-refractivity contribution is -0.551. The van der Waals surface area contributed by atoms with Gasteiger partial charge in [0.15, 0.2) is 0 Å². The van der Waals surface area contributed by atoms with Crippen molar-refractivity contribution < 1.29 is 14.5 Å². The third-order valence-electron chi connectivity index (χ3n) is 1.81. The number of nitrogens with zero attached hydrogens (tertiary/aromatic N) is 1. The van der Waals surface area contributed by atoms with Crippen LogP contribution in [-0.4, -0.2) is 23.0 Å². The summed E-state index contributed by atoms with van der Waals surface area (Å²) in [7, 11) is 0. The quantitative estimate of drug-likeness (QED) is 0.363. The zero-order valence-corrected chi connectivity index (χ0v) is 7.49. The fraction of sp³-hybridized carbons (Fsp3) is 0.857. The molecule has 0 aromatic heterocycles. The van der Waals surface area contributed by atoms with Gasteiger partial charge in [-0.2, -0.15) is 0 Å². The van der Waals surface area contributed by atoms with Crippen molar-refractivity contribution in [2.45, 2.75) is 32.7 Å². The van der Waals surface area contributed by atoms with Crippen LogP contribution >= 0.6 is 0 Å².